The molecule has 2 N–H and O–H groups in total. The van der Waals surface area contributed by atoms with Gasteiger partial charge < -0.3 is 4.74 Å². The molecule has 154 valence electrons. The van der Waals surface area contributed by atoms with Gasteiger partial charge in [0.05, 0.1) is 12.6 Å². The summed E-state index contributed by atoms with van der Waals surface area (Å²) in [6, 6.07) is 8.55. The van der Waals surface area contributed by atoms with Gasteiger partial charge in [0, 0.05) is 31.6 Å². The Hall–Kier alpha value is -1.79. The van der Waals surface area contributed by atoms with Crippen LogP contribution in [-0.4, -0.2) is 63.9 Å². The van der Waals surface area contributed by atoms with Gasteiger partial charge in [0.25, 0.3) is 0 Å². The Morgan fingerprint density at radius 2 is 2.07 bits per heavy atom. The highest BCUT2D eigenvalue weighted by atomic mass is 32.2. The van der Waals surface area contributed by atoms with Gasteiger partial charge in [0.2, 0.25) is 5.91 Å². The van der Waals surface area contributed by atoms with Crippen molar-refractivity contribution in [3.05, 3.63) is 35.9 Å². The first-order chi connectivity index (χ1) is 13.5. The van der Waals surface area contributed by atoms with Crippen LogP contribution in [0.5, 0.6) is 0 Å². The smallest absolute Gasteiger partial charge is 0.311 e. The zero-order valence-corrected chi connectivity index (χ0v) is 17.3. The third-order valence-corrected chi connectivity index (χ3v) is 5.44. The molecule has 28 heavy (non-hydrogen) atoms. The van der Waals surface area contributed by atoms with Crippen LogP contribution in [0.15, 0.2) is 34.7 Å². The Balaban J connectivity index is 2.32. The van der Waals surface area contributed by atoms with E-state index >= 15 is 0 Å². The van der Waals surface area contributed by atoms with Crippen molar-refractivity contribution >= 4 is 33.6 Å². The molecule has 1 heterocycles. The van der Waals surface area contributed by atoms with E-state index in [0.29, 0.717) is 19.4 Å². The van der Waals surface area contributed by atoms with Crippen molar-refractivity contribution in [2.75, 3.05) is 27.2 Å². The number of benzene rings is 1. The number of hydrogen-bond acceptors (Lipinski definition) is 9. The summed E-state index contributed by atoms with van der Waals surface area (Å²) in [6.07, 6.45) is 1.35. The third kappa shape index (κ3) is 6.38. The van der Waals surface area contributed by atoms with Crippen molar-refractivity contribution in [2.24, 2.45) is 4.36 Å². The van der Waals surface area contributed by atoms with Crippen molar-refractivity contribution in [2.45, 2.75) is 31.0 Å². The predicted octanol–water partition coefficient (Wildman–Crippen LogP) is 1.37. The van der Waals surface area contributed by atoms with Gasteiger partial charge in [-0.3, -0.25) is 24.5 Å². The molecule has 0 spiro atoms. The highest BCUT2D eigenvalue weighted by Crippen LogP contribution is 2.34. The van der Waals surface area contributed by atoms with Crippen LogP contribution in [0.1, 0.15) is 24.4 Å². The van der Waals surface area contributed by atoms with Gasteiger partial charge in [0.1, 0.15) is 6.04 Å². The van der Waals surface area contributed by atoms with Crippen LogP contribution >= 0.6 is 11.9 Å². The fraction of sp³-hybridized carbons (Fsp3) is 0.529. The molecule has 3 atom stereocenters. The molecule has 1 saturated heterocycles. The maximum Gasteiger partial charge on any atom is 0.311 e. The molecule has 0 aromatic heterocycles. The molecule has 11 heteroatoms. The zero-order chi connectivity index (χ0) is 20.5. The molecule has 0 saturated carbocycles. The number of amides is 2. The van der Waals surface area contributed by atoms with Crippen molar-refractivity contribution in [1.82, 2.24) is 14.9 Å². The van der Waals surface area contributed by atoms with Crippen molar-refractivity contribution in [3.8, 4) is 0 Å². The topological polar surface area (TPSA) is 117 Å². The Morgan fingerprint density at radius 3 is 2.68 bits per heavy atom. The molecule has 1 aliphatic heterocycles. The average molecular weight is 429 g/mol. The van der Waals surface area contributed by atoms with Crippen molar-refractivity contribution < 1.29 is 22.7 Å². The molecule has 2 rings (SSSR count). The lowest BCUT2D eigenvalue weighted by Gasteiger charge is -2.42. The number of nitrogens with zero attached hydrogens (tertiary/aromatic N) is 2. The predicted molar refractivity (Wildman–Crippen MR) is 106 cm³/mol. The summed E-state index contributed by atoms with van der Waals surface area (Å²) >= 11 is 0.738. The highest BCUT2D eigenvalue weighted by molar-refractivity contribution is 8.11. The summed E-state index contributed by atoms with van der Waals surface area (Å²) < 4.78 is 33.5. The molecule has 3 unspecified atom stereocenters. The first kappa shape index (κ1) is 22.5. The first-order valence-electron chi connectivity index (χ1n) is 8.75. The lowest BCUT2D eigenvalue weighted by Crippen LogP contribution is -2.54. The summed E-state index contributed by atoms with van der Waals surface area (Å²) in [4.78, 5) is 26.5. The number of nitrogens with one attached hydrogen (secondary N) is 2. The second kappa shape index (κ2) is 11.3. The number of carbonyl (C=O) groups excluding carboxylic acids is 2. The van der Waals surface area contributed by atoms with Crippen LogP contribution < -0.4 is 10.0 Å². The van der Waals surface area contributed by atoms with Gasteiger partial charge in [-0.15, -0.1) is 0 Å². The maximum atomic E-state index is 12.8. The molecule has 9 nitrogen and oxygen atoms in total. The SMILES string of the molecule is CNSC(=O)NC(=O)C(CN=S(=O)=O)N1CCC(OC)CC1c1ccccc1. The Morgan fingerprint density at radius 1 is 1.36 bits per heavy atom. The fourth-order valence-corrected chi connectivity index (χ4v) is 3.91. The second-order valence-electron chi connectivity index (χ2n) is 6.17. The van der Waals surface area contributed by atoms with Gasteiger partial charge in [0.15, 0.2) is 0 Å². The number of carbonyl (C=O) groups is 2. The molecule has 2 amide bonds. The summed E-state index contributed by atoms with van der Waals surface area (Å²) in [7, 11) is 0.561. The number of imide groups is 1. The molecular weight excluding hydrogens is 404 g/mol. The number of ether oxygens (including phenoxy) is 1. The van der Waals surface area contributed by atoms with E-state index in [2.05, 4.69) is 14.4 Å². The van der Waals surface area contributed by atoms with Crippen molar-refractivity contribution in [3.63, 3.8) is 0 Å². The largest absolute Gasteiger partial charge is 0.381 e. The average Bonchev–Trinajstić information content (AvgIpc) is 2.68. The molecule has 1 fully saturated rings. The van der Waals surface area contributed by atoms with Gasteiger partial charge >= 0.3 is 15.7 Å². The maximum absolute atomic E-state index is 12.8. The zero-order valence-electron chi connectivity index (χ0n) is 15.7. The lowest BCUT2D eigenvalue weighted by molar-refractivity contribution is -0.127. The number of methoxy groups -OCH3 is 1. The molecular formula is C17H24N4O5S2. The Bertz CT molecular complexity index is 795. The van der Waals surface area contributed by atoms with Gasteiger partial charge in [-0.05, 0) is 25.5 Å². The van der Waals surface area contributed by atoms with Crippen molar-refractivity contribution in [1.29, 1.82) is 0 Å². The Labute approximate surface area is 170 Å². The summed E-state index contributed by atoms with van der Waals surface area (Å²) in [6.45, 7) is 0.241. The quantitative estimate of drug-likeness (QED) is 0.626. The van der Waals surface area contributed by atoms with E-state index in [-0.39, 0.29) is 18.7 Å². The van der Waals surface area contributed by atoms with Crippen LogP contribution in [0.3, 0.4) is 0 Å². The monoisotopic (exact) mass is 428 g/mol. The van der Waals surface area contributed by atoms with E-state index in [0.717, 1.165) is 17.5 Å². The number of likely N-dealkylation sites (tertiary alicyclic amines) is 1. The number of piperidine rings is 1. The van der Waals surface area contributed by atoms with Gasteiger partial charge in [-0.2, -0.15) is 12.8 Å². The van der Waals surface area contributed by atoms with Crippen LogP contribution in [0.25, 0.3) is 0 Å². The van der Waals surface area contributed by atoms with E-state index in [4.69, 9.17) is 4.74 Å². The minimum absolute atomic E-state index is 0.0252. The number of hydrogen-bond donors (Lipinski definition) is 2. The van der Waals surface area contributed by atoms with Gasteiger partial charge in [-0.1, -0.05) is 30.3 Å². The summed E-state index contributed by atoms with van der Waals surface area (Å²) in [5.74, 6) is -0.584. The van der Waals surface area contributed by atoms with Crippen LogP contribution in [0, 0.1) is 0 Å². The van der Waals surface area contributed by atoms with E-state index < -0.39 is 27.7 Å². The highest BCUT2D eigenvalue weighted by Gasteiger charge is 2.37. The minimum atomic E-state index is -2.65. The molecule has 1 aromatic rings. The normalized spacial score (nSPS) is 20.9. The molecule has 1 aromatic carbocycles. The van der Waals surface area contributed by atoms with E-state index in [9.17, 15) is 18.0 Å². The van der Waals surface area contributed by atoms with E-state index in [1.165, 1.54) is 0 Å². The Kier molecular flexibility index (Phi) is 9.06. The molecule has 0 bridgehead atoms. The second-order valence-corrected chi connectivity index (χ2v) is 7.85. The summed E-state index contributed by atoms with van der Waals surface area (Å²) in [5.41, 5.74) is 0.987. The molecule has 0 radical (unpaired) electrons. The lowest BCUT2D eigenvalue weighted by atomic mass is 9.91. The fourth-order valence-electron chi connectivity index (χ4n) is 3.31. The van der Waals surface area contributed by atoms with Gasteiger partial charge in [-0.25, -0.2) is 0 Å². The minimum Gasteiger partial charge on any atom is -0.381 e. The standard InChI is InChI=1S/C17H24N4O5S2/c1-18-27-17(23)20-16(22)15(11-19-28(24)25)21-9-8-13(26-2)10-14(21)12-6-4-3-5-7-12/h3-7,13-15,18H,8-11H2,1-2H3,(H,20,22,23). The van der Waals surface area contributed by atoms with E-state index in [1.807, 2.05) is 35.2 Å². The van der Waals surface area contributed by atoms with Crippen LogP contribution in [0.4, 0.5) is 4.79 Å². The summed E-state index contributed by atoms with van der Waals surface area (Å²) in [5, 5.41) is 1.72. The van der Waals surface area contributed by atoms with Crippen LogP contribution in [-0.2, 0) is 20.0 Å². The first-order valence-corrected chi connectivity index (χ1v) is 10.6. The molecule has 0 aliphatic carbocycles. The van der Waals surface area contributed by atoms with Crippen LogP contribution in [0.2, 0.25) is 0 Å². The number of rotatable bonds is 7. The van der Waals surface area contributed by atoms with E-state index in [1.54, 1.807) is 14.2 Å². The molecule has 1 aliphatic rings. The third-order valence-electron chi connectivity index (χ3n) is 4.59.